The van der Waals surface area contributed by atoms with Crippen molar-refractivity contribution in [3.8, 4) is 0 Å². The lowest BCUT2D eigenvalue weighted by atomic mass is 9.97. The molecule has 0 aliphatic carbocycles. The lowest BCUT2D eigenvalue weighted by Crippen LogP contribution is -2.48. The summed E-state index contributed by atoms with van der Waals surface area (Å²) in [6.45, 7) is 1.55. The predicted octanol–water partition coefficient (Wildman–Crippen LogP) is 2.30. The van der Waals surface area contributed by atoms with Gasteiger partial charge in [-0.1, -0.05) is 12.5 Å². The molecule has 1 fully saturated rings. The number of benzene rings is 1. The van der Waals surface area contributed by atoms with Crippen LogP contribution in [0.1, 0.15) is 37.8 Å². The average Bonchev–Trinajstić information content (AvgIpc) is 2.53. The second-order valence-electron chi connectivity index (χ2n) is 6.21. The molecule has 0 N–H and O–H groups in total. The Labute approximate surface area is 141 Å². The first-order chi connectivity index (χ1) is 11.2. The van der Waals surface area contributed by atoms with Crippen molar-refractivity contribution in [1.29, 1.82) is 0 Å². The monoisotopic (exact) mass is 360 g/mol. The van der Waals surface area contributed by atoms with E-state index in [9.17, 15) is 22.0 Å². The van der Waals surface area contributed by atoms with E-state index in [1.54, 1.807) is 0 Å². The Morgan fingerprint density at radius 1 is 1.29 bits per heavy atom. The summed E-state index contributed by atoms with van der Waals surface area (Å²) >= 11 is 0. The van der Waals surface area contributed by atoms with Crippen LogP contribution in [-0.2, 0) is 14.8 Å². The van der Waals surface area contributed by atoms with Crippen molar-refractivity contribution in [2.75, 3.05) is 20.6 Å². The van der Waals surface area contributed by atoms with Crippen molar-refractivity contribution < 1.29 is 22.0 Å². The van der Waals surface area contributed by atoms with Crippen molar-refractivity contribution in [2.24, 2.45) is 0 Å². The molecule has 2 rings (SSSR count). The Morgan fingerprint density at radius 3 is 2.54 bits per heavy atom. The fourth-order valence-corrected chi connectivity index (χ4v) is 4.82. The number of hydrogen-bond acceptors (Lipinski definition) is 3. The van der Waals surface area contributed by atoms with Gasteiger partial charge in [-0.05, 0) is 25.8 Å². The van der Waals surface area contributed by atoms with Gasteiger partial charge in [-0.2, -0.15) is 4.31 Å². The molecule has 8 heteroatoms. The van der Waals surface area contributed by atoms with Gasteiger partial charge in [-0.15, -0.1) is 0 Å². The van der Waals surface area contributed by atoms with Crippen LogP contribution >= 0.6 is 0 Å². The second kappa shape index (κ2) is 7.14. The van der Waals surface area contributed by atoms with E-state index in [0.717, 1.165) is 18.6 Å². The first-order valence-electron chi connectivity index (χ1n) is 7.83. The summed E-state index contributed by atoms with van der Waals surface area (Å²) < 4.78 is 54.2. The van der Waals surface area contributed by atoms with Gasteiger partial charge in [0.1, 0.15) is 11.6 Å². The number of carbonyl (C=O) groups excluding carboxylic acids is 1. The van der Waals surface area contributed by atoms with Gasteiger partial charge in [0.2, 0.25) is 15.9 Å². The highest BCUT2D eigenvalue weighted by Gasteiger charge is 2.40. The highest BCUT2D eigenvalue weighted by Crippen LogP contribution is 2.35. The highest BCUT2D eigenvalue weighted by molar-refractivity contribution is 7.90. The maximum atomic E-state index is 14.1. The molecule has 5 nitrogen and oxygen atoms in total. The summed E-state index contributed by atoms with van der Waals surface area (Å²) in [7, 11) is -0.973. The molecule has 1 amide bonds. The standard InChI is InChI=1S/C16H22F2N2O3S/c1-11(16(21)19(2)3)24(22,23)20-9-5-4-6-15(20)13-8-7-12(17)10-14(13)18/h7-8,10-11,15H,4-6,9H2,1-3H3. The molecular weight excluding hydrogens is 338 g/mol. The minimum atomic E-state index is -3.95. The van der Waals surface area contributed by atoms with Gasteiger partial charge in [0, 0.05) is 32.3 Å². The van der Waals surface area contributed by atoms with E-state index in [1.165, 1.54) is 36.3 Å². The second-order valence-corrected chi connectivity index (χ2v) is 8.41. The minimum Gasteiger partial charge on any atom is -0.348 e. The van der Waals surface area contributed by atoms with Crippen molar-refractivity contribution >= 4 is 15.9 Å². The van der Waals surface area contributed by atoms with E-state index in [-0.39, 0.29) is 12.1 Å². The van der Waals surface area contributed by atoms with Crippen LogP contribution in [0, 0.1) is 11.6 Å². The fourth-order valence-electron chi connectivity index (χ4n) is 2.99. The Morgan fingerprint density at radius 2 is 1.96 bits per heavy atom. The van der Waals surface area contributed by atoms with Crippen molar-refractivity contribution in [2.45, 2.75) is 37.5 Å². The molecule has 0 radical (unpaired) electrons. The van der Waals surface area contributed by atoms with Crippen molar-refractivity contribution in [3.05, 3.63) is 35.4 Å². The highest BCUT2D eigenvalue weighted by atomic mass is 32.2. The number of amides is 1. The minimum absolute atomic E-state index is 0.143. The summed E-state index contributed by atoms with van der Waals surface area (Å²) in [4.78, 5) is 13.3. The van der Waals surface area contributed by atoms with Crippen LogP contribution in [0.4, 0.5) is 8.78 Å². The van der Waals surface area contributed by atoms with E-state index >= 15 is 0 Å². The van der Waals surface area contributed by atoms with Gasteiger partial charge in [-0.3, -0.25) is 4.79 Å². The molecule has 1 aliphatic heterocycles. The molecule has 0 aromatic heterocycles. The summed E-state index contributed by atoms with van der Waals surface area (Å²) in [5, 5.41) is -1.25. The lowest BCUT2D eigenvalue weighted by Gasteiger charge is -2.36. The molecule has 2 unspecified atom stereocenters. The zero-order valence-corrected chi connectivity index (χ0v) is 14.8. The van der Waals surface area contributed by atoms with Gasteiger partial charge < -0.3 is 4.90 Å². The number of hydrogen-bond donors (Lipinski definition) is 0. The fraction of sp³-hybridized carbons (Fsp3) is 0.562. The Kier molecular flexibility index (Phi) is 5.59. The number of rotatable bonds is 4. The van der Waals surface area contributed by atoms with Crippen LogP contribution in [0.2, 0.25) is 0 Å². The van der Waals surface area contributed by atoms with E-state index in [1.807, 2.05) is 0 Å². The molecular formula is C16H22F2N2O3S. The molecule has 134 valence electrons. The van der Waals surface area contributed by atoms with Gasteiger partial charge in [0.25, 0.3) is 0 Å². The zero-order chi connectivity index (χ0) is 18.1. The molecule has 1 saturated heterocycles. The summed E-state index contributed by atoms with van der Waals surface area (Å²) in [5.74, 6) is -2.01. The van der Waals surface area contributed by atoms with Crippen LogP contribution in [0.3, 0.4) is 0 Å². The van der Waals surface area contributed by atoms with Crippen LogP contribution in [-0.4, -0.2) is 49.4 Å². The number of halogens is 2. The summed E-state index contributed by atoms with van der Waals surface area (Å²) in [6, 6.07) is 2.43. The Balaban J connectivity index is 2.40. The first-order valence-corrected chi connectivity index (χ1v) is 9.33. The van der Waals surface area contributed by atoms with Crippen LogP contribution in [0.5, 0.6) is 0 Å². The van der Waals surface area contributed by atoms with Crippen molar-refractivity contribution in [3.63, 3.8) is 0 Å². The maximum Gasteiger partial charge on any atom is 0.241 e. The third kappa shape index (κ3) is 3.59. The largest absolute Gasteiger partial charge is 0.348 e. The molecule has 1 aromatic carbocycles. The molecule has 0 saturated carbocycles. The van der Waals surface area contributed by atoms with Gasteiger partial charge in [0.15, 0.2) is 5.25 Å². The topological polar surface area (TPSA) is 57.7 Å². The zero-order valence-electron chi connectivity index (χ0n) is 14.0. The van der Waals surface area contributed by atoms with E-state index in [0.29, 0.717) is 12.8 Å². The summed E-state index contributed by atoms with van der Waals surface area (Å²) in [5.41, 5.74) is 0.143. The number of piperidine rings is 1. The third-order valence-electron chi connectivity index (χ3n) is 4.34. The molecule has 0 bridgehead atoms. The predicted molar refractivity (Wildman–Crippen MR) is 86.7 cm³/mol. The normalized spacial score (nSPS) is 20.6. The maximum absolute atomic E-state index is 14.1. The molecule has 1 aromatic rings. The van der Waals surface area contributed by atoms with Gasteiger partial charge >= 0.3 is 0 Å². The number of nitrogens with zero attached hydrogens (tertiary/aromatic N) is 2. The van der Waals surface area contributed by atoms with E-state index in [4.69, 9.17) is 0 Å². The molecule has 2 atom stereocenters. The molecule has 0 spiro atoms. The van der Waals surface area contributed by atoms with Crippen molar-refractivity contribution in [1.82, 2.24) is 9.21 Å². The van der Waals surface area contributed by atoms with E-state index < -0.39 is 38.9 Å². The Bertz CT molecular complexity index is 722. The Hall–Kier alpha value is -1.54. The smallest absolute Gasteiger partial charge is 0.241 e. The first kappa shape index (κ1) is 18.8. The molecule has 1 heterocycles. The quantitative estimate of drug-likeness (QED) is 0.828. The molecule has 1 aliphatic rings. The lowest BCUT2D eigenvalue weighted by molar-refractivity contribution is -0.128. The molecule has 24 heavy (non-hydrogen) atoms. The third-order valence-corrected chi connectivity index (χ3v) is 6.52. The number of carbonyl (C=O) groups is 1. The van der Waals surface area contributed by atoms with Gasteiger partial charge in [-0.25, -0.2) is 17.2 Å². The van der Waals surface area contributed by atoms with E-state index in [2.05, 4.69) is 0 Å². The summed E-state index contributed by atoms with van der Waals surface area (Å²) in [6.07, 6.45) is 1.82. The number of sulfonamides is 1. The average molecular weight is 360 g/mol. The SMILES string of the molecule is CC(C(=O)N(C)C)S(=O)(=O)N1CCCCC1c1ccc(F)cc1F. The van der Waals surface area contributed by atoms with Gasteiger partial charge in [0.05, 0.1) is 6.04 Å². The van der Waals surface area contributed by atoms with Crippen LogP contribution in [0.15, 0.2) is 18.2 Å². The van der Waals surface area contributed by atoms with Crippen LogP contribution < -0.4 is 0 Å². The van der Waals surface area contributed by atoms with Crippen LogP contribution in [0.25, 0.3) is 0 Å².